The molecule has 92 valence electrons. The number of carbonyl (C=O) groups excluding carboxylic acids is 1. The molecule has 1 heterocycles. The lowest BCUT2D eigenvalue weighted by molar-refractivity contribution is 0.230. The van der Waals surface area contributed by atoms with Crippen LogP contribution in [0.3, 0.4) is 0 Å². The normalized spacial score (nSPS) is 18.3. The number of benzene rings is 1. The van der Waals surface area contributed by atoms with E-state index in [-0.39, 0.29) is 25.2 Å². The van der Waals surface area contributed by atoms with E-state index in [1.54, 1.807) is 0 Å². The third-order valence-corrected chi connectivity index (χ3v) is 3.78. The molecule has 2 rings (SSSR count). The molecule has 1 atom stereocenters. The molecule has 0 saturated carbocycles. The van der Waals surface area contributed by atoms with Gasteiger partial charge in [0.2, 0.25) is 0 Å². The Morgan fingerprint density at radius 2 is 2.29 bits per heavy atom. The quantitative estimate of drug-likeness (QED) is 0.764. The van der Waals surface area contributed by atoms with Crippen molar-refractivity contribution >= 4 is 17.8 Å². The number of nitrogens with one attached hydrogen (secondary N) is 2. The second kappa shape index (κ2) is 5.93. The Bertz CT molecular complexity index is 398. The van der Waals surface area contributed by atoms with E-state index >= 15 is 0 Å². The summed E-state index contributed by atoms with van der Waals surface area (Å²) in [5.41, 5.74) is 1.18. The highest BCUT2D eigenvalue weighted by atomic mass is 32.2. The van der Waals surface area contributed by atoms with Crippen molar-refractivity contribution in [2.75, 3.05) is 18.9 Å². The molecule has 0 fully saturated rings. The second-order valence-corrected chi connectivity index (χ2v) is 4.99. The van der Waals surface area contributed by atoms with Gasteiger partial charge in [-0.2, -0.15) is 0 Å². The lowest BCUT2D eigenvalue weighted by Gasteiger charge is -2.25. The summed E-state index contributed by atoms with van der Waals surface area (Å²) in [6.45, 7) is 0.249. The van der Waals surface area contributed by atoms with E-state index in [1.165, 1.54) is 10.5 Å². The van der Waals surface area contributed by atoms with Crippen molar-refractivity contribution < 1.29 is 9.90 Å². The van der Waals surface area contributed by atoms with Crippen molar-refractivity contribution in [2.45, 2.75) is 17.4 Å². The van der Waals surface area contributed by atoms with Crippen molar-refractivity contribution in [2.24, 2.45) is 0 Å². The Hall–Kier alpha value is -1.20. The molecule has 0 bridgehead atoms. The average molecular weight is 252 g/mol. The van der Waals surface area contributed by atoms with Crippen LogP contribution in [0.5, 0.6) is 0 Å². The zero-order valence-electron chi connectivity index (χ0n) is 9.48. The highest BCUT2D eigenvalue weighted by Gasteiger charge is 2.21. The first-order valence-corrected chi connectivity index (χ1v) is 6.67. The molecule has 1 aliphatic rings. The van der Waals surface area contributed by atoms with Crippen molar-refractivity contribution in [3.8, 4) is 0 Å². The maximum Gasteiger partial charge on any atom is 0.315 e. The van der Waals surface area contributed by atoms with Gasteiger partial charge < -0.3 is 15.7 Å². The maximum atomic E-state index is 11.5. The van der Waals surface area contributed by atoms with Gasteiger partial charge in [-0.15, -0.1) is 11.8 Å². The second-order valence-electron chi connectivity index (χ2n) is 3.85. The minimum Gasteiger partial charge on any atom is -0.395 e. The summed E-state index contributed by atoms with van der Waals surface area (Å²) in [6.07, 6.45) is 0.939. The van der Waals surface area contributed by atoms with Crippen LogP contribution in [0.25, 0.3) is 0 Å². The predicted octanol–water partition coefficient (Wildman–Crippen LogP) is 1.52. The zero-order valence-corrected chi connectivity index (χ0v) is 10.3. The number of amides is 2. The zero-order chi connectivity index (χ0) is 12.1. The lowest BCUT2D eigenvalue weighted by atomic mass is 10.0. The molecular formula is C12H16N2O2S. The first-order chi connectivity index (χ1) is 8.31. The Labute approximate surface area is 105 Å². The van der Waals surface area contributed by atoms with Gasteiger partial charge in [0.15, 0.2) is 0 Å². The molecule has 4 nitrogen and oxygen atoms in total. The molecule has 0 saturated heterocycles. The minimum absolute atomic E-state index is 0.0372. The van der Waals surface area contributed by atoms with Gasteiger partial charge in [-0.05, 0) is 18.1 Å². The van der Waals surface area contributed by atoms with Crippen LogP contribution in [0.4, 0.5) is 4.79 Å². The van der Waals surface area contributed by atoms with Crippen LogP contribution in [-0.2, 0) is 0 Å². The summed E-state index contributed by atoms with van der Waals surface area (Å²) in [5.74, 6) is 1.02. The highest BCUT2D eigenvalue weighted by Crippen LogP contribution is 2.35. The number of fused-ring (bicyclic) bond motifs is 1. The SMILES string of the molecule is O=C(NCCO)N[C@H]1CCSc2ccccc21. The Kier molecular flexibility index (Phi) is 4.28. The van der Waals surface area contributed by atoms with E-state index in [0.717, 1.165) is 12.2 Å². The van der Waals surface area contributed by atoms with Gasteiger partial charge in [0.05, 0.1) is 12.6 Å². The van der Waals surface area contributed by atoms with Gasteiger partial charge in [0.1, 0.15) is 0 Å². The molecule has 1 aromatic carbocycles. The Morgan fingerprint density at radius 1 is 1.47 bits per heavy atom. The number of carbonyl (C=O) groups is 1. The van der Waals surface area contributed by atoms with Crippen LogP contribution in [0.15, 0.2) is 29.2 Å². The Morgan fingerprint density at radius 3 is 3.12 bits per heavy atom. The summed E-state index contributed by atoms with van der Waals surface area (Å²) >= 11 is 1.83. The lowest BCUT2D eigenvalue weighted by Crippen LogP contribution is -2.40. The van der Waals surface area contributed by atoms with E-state index in [1.807, 2.05) is 23.9 Å². The van der Waals surface area contributed by atoms with E-state index in [2.05, 4.69) is 22.8 Å². The fraction of sp³-hybridized carbons (Fsp3) is 0.417. The van der Waals surface area contributed by atoms with Crippen LogP contribution in [0.1, 0.15) is 18.0 Å². The monoisotopic (exact) mass is 252 g/mol. The van der Waals surface area contributed by atoms with E-state index in [9.17, 15) is 4.79 Å². The highest BCUT2D eigenvalue weighted by molar-refractivity contribution is 7.99. The first-order valence-electron chi connectivity index (χ1n) is 5.68. The summed E-state index contributed by atoms with van der Waals surface area (Å²) in [7, 11) is 0. The number of hydrogen-bond acceptors (Lipinski definition) is 3. The number of rotatable bonds is 3. The minimum atomic E-state index is -0.217. The predicted molar refractivity (Wildman–Crippen MR) is 68.1 cm³/mol. The first kappa shape index (κ1) is 12.3. The largest absolute Gasteiger partial charge is 0.395 e. The summed E-state index contributed by atoms with van der Waals surface area (Å²) in [4.78, 5) is 12.8. The van der Waals surface area contributed by atoms with E-state index in [4.69, 9.17) is 5.11 Å². The molecule has 0 radical (unpaired) electrons. The smallest absolute Gasteiger partial charge is 0.315 e. The van der Waals surface area contributed by atoms with Crippen LogP contribution in [0, 0.1) is 0 Å². The third kappa shape index (κ3) is 3.14. The van der Waals surface area contributed by atoms with Crippen molar-refractivity contribution in [3.63, 3.8) is 0 Å². The molecule has 0 aromatic heterocycles. The molecule has 2 amide bonds. The number of aliphatic hydroxyl groups excluding tert-OH is 1. The number of hydrogen-bond donors (Lipinski definition) is 3. The molecule has 0 aliphatic carbocycles. The molecule has 3 N–H and O–H groups in total. The summed E-state index contributed by atoms with van der Waals surface area (Å²) in [5, 5.41) is 14.2. The van der Waals surface area contributed by atoms with Gasteiger partial charge in [-0.3, -0.25) is 0 Å². The fourth-order valence-corrected chi connectivity index (χ4v) is 3.00. The topological polar surface area (TPSA) is 61.4 Å². The van der Waals surface area contributed by atoms with Crippen LogP contribution in [0.2, 0.25) is 0 Å². The van der Waals surface area contributed by atoms with Gasteiger partial charge in [-0.1, -0.05) is 18.2 Å². The van der Waals surface area contributed by atoms with Gasteiger partial charge >= 0.3 is 6.03 Å². The number of aliphatic hydroxyl groups is 1. The van der Waals surface area contributed by atoms with Crippen LogP contribution < -0.4 is 10.6 Å². The van der Waals surface area contributed by atoms with E-state index < -0.39 is 0 Å². The van der Waals surface area contributed by atoms with Gasteiger partial charge in [0.25, 0.3) is 0 Å². The molecule has 17 heavy (non-hydrogen) atoms. The van der Waals surface area contributed by atoms with Gasteiger partial charge in [0, 0.05) is 17.2 Å². The van der Waals surface area contributed by atoms with Gasteiger partial charge in [-0.25, -0.2) is 4.79 Å². The van der Waals surface area contributed by atoms with Crippen LogP contribution in [-0.4, -0.2) is 30.0 Å². The van der Waals surface area contributed by atoms with E-state index in [0.29, 0.717) is 0 Å². The van der Waals surface area contributed by atoms with Crippen LogP contribution >= 0.6 is 11.8 Å². The summed E-state index contributed by atoms with van der Waals surface area (Å²) < 4.78 is 0. The standard InChI is InChI=1S/C12H16N2O2S/c15-7-6-13-12(16)14-10-5-8-17-11-4-2-1-3-9(10)11/h1-4,10,15H,5-8H2,(H2,13,14,16)/t10-/m0/s1. The molecule has 5 heteroatoms. The van der Waals surface area contributed by atoms with Crippen molar-refractivity contribution in [1.29, 1.82) is 0 Å². The molecule has 1 aliphatic heterocycles. The number of thioether (sulfide) groups is 1. The third-order valence-electron chi connectivity index (χ3n) is 2.66. The molecule has 0 spiro atoms. The average Bonchev–Trinajstić information content (AvgIpc) is 2.37. The molecular weight excluding hydrogens is 236 g/mol. The maximum absolute atomic E-state index is 11.5. The summed E-state index contributed by atoms with van der Waals surface area (Å²) in [6, 6.07) is 8.00. The molecule has 0 unspecified atom stereocenters. The fourth-order valence-electron chi connectivity index (χ4n) is 1.87. The number of urea groups is 1. The van der Waals surface area contributed by atoms with Crippen molar-refractivity contribution in [1.82, 2.24) is 10.6 Å². The molecule has 1 aromatic rings. The van der Waals surface area contributed by atoms with Crippen molar-refractivity contribution in [3.05, 3.63) is 29.8 Å². The Balaban J connectivity index is 2.01.